The van der Waals surface area contributed by atoms with Gasteiger partial charge in [-0.3, -0.25) is 0 Å². The van der Waals surface area contributed by atoms with Gasteiger partial charge in [0.15, 0.2) is 0 Å². The molecule has 1 aliphatic carbocycles. The quantitative estimate of drug-likeness (QED) is 0.780. The van der Waals surface area contributed by atoms with Gasteiger partial charge in [-0.15, -0.1) is 0 Å². The number of hydrogen-bond acceptors (Lipinski definition) is 4. The molecule has 1 saturated carbocycles. The maximum atomic E-state index is 6.11. The van der Waals surface area contributed by atoms with Crippen molar-refractivity contribution >= 4 is 10.8 Å². The zero-order valence-electron chi connectivity index (χ0n) is 11.7. The molecule has 0 saturated heterocycles. The second-order valence-corrected chi connectivity index (χ2v) is 5.72. The number of rotatable bonds is 2. The van der Waals surface area contributed by atoms with Gasteiger partial charge >= 0.3 is 0 Å². The number of fused-ring (bicyclic) bond motifs is 1. The summed E-state index contributed by atoms with van der Waals surface area (Å²) in [5.41, 5.74) is 7.09. The van der Waals surface area contributed by atoms with Crippen LogP contribution in [-0.2, 0) is 0 Å². The molecule has 2 N–H and O–H groups in total. The number of nitrogens with zero attached hydrogens (tertiary/aromatic N) is 2. The van der Waals surface area contributed by atoms with Crippen LogP contribution in [-0.4, -0.2) is 16.2 Å². The van der Waals surface area contributed by atoms with Crippen LogP contribution in [0.2, 0.25) is 0 Å². The highest BCUT2D eigenvalue weighted by Crippen LogP contribution is 2.33. The first-order valence-electron chi connectivity index (χ1n) is 7.39. The van der Waals surface area contributed by atoms with E-state index in [2.05, 4.69) is 34.4 Å². The molecule has 4 heteroatoms. The van der Waals surface area contributed by atoms with E-state index >= 15 is 0 Å². The molecule has 0 amide bonds. The largest absolute Gasteiger partial charge is 0.339 e. The van der Waals surface area contributed by atoms with Crippen molar-refractivity contribution in [2.24, 2.45) is 5.73 Å². The van der Waals surface area contributed by atoms with Gasteiger partial charge < -0.3 is 10.3 Å². The van der Waals surface area contributed by atoms with Crippen LogP contribution >= 0.6 is 0 Å². The van der Waals surface area contributed by atoms with Crippen molar-refractivity contribution < 1.29 is 4.52 Å². The van der Waals surface area contributed by atoms with Crippen LogP contribution in [0.25, 0.3) is 22.2 Å². The molecule has 2 aromatic carbocycles. The minimum absolute atomic E-state index is 0.148. The van der Waals surface area contributed by atoms with E-state index in [1.165, 1.54) is 10.8 Å². The lowest BCUT2D eigenvalue weighted by molar-refractivity contribution is 0.345. The lowest BCUT2D eigenvalue weighted by Crippen LogP contribution is -2.22. The Bertz CT molecular complexity index is 780. The van der Waals surface area contributed by atoms with Crippen molar-refractivity contribution in [1.29, 1.82) is 0 Å². The summed E-state index contributed by atoms with van der Waals surface area (Å²) >= 11 is 0. The SMILES string of the molecule is NC1CCCC1c1nc(-c2ccc3ccccc3c2)no1. The molecule has 1 aromatic heterocycles. The molecule has 4 rings (SSSR count). The summed E-state index contributed by atoms with van der Waals surface area (Å²) in [5, 5.41) is 6.52. The molecule has 0 bridgehead atoms. The van der Waals surface area contributed by atoms with Gasteiger partial charge in [-0.05, 0) is 29.7 Å². The zero-order valence-corrected chi connectivity index (χ0v) is 11.7. The average molecular weight is 279 g/mol. The number of aromatic nitrogens is 2. The van der Waals surface area contributed by atoms with E-state index in [0.29, 0.717) is 11.7 Å². The summed E-state index contributed by atoms with van der Waals surface area (Å²) in [6.45, 7) is 0. The van der Waals surface area contributed by atoms with Crippen LogP contribution in [0, 0.1) is 0 Å². The average Bonchev–Trinajstić information content (AvgIpc) is 3.15. The van der Waals surface area contributed by atoms with Gasteiger partial charge in [-0.25, -0.2) is 0 Å². The molecular weight excluding hydrogens is 262 g/mol. The third-order valence-electron chi connectivity index (χ3n) is 4.34. The van der Waals surface area contributed by atoms with E-state index in [4.69, 9.17) is 10.3 Å². The van der Waals surface area contributed by atoms with E-state index < -0.39 is 0 Å². The third-order valence-corrected chi connectivity index (χ3v) is 4.34. The summed E-state index contributed by atoms with van der Waals surface area (Å²) in [6, 6.07) is 14.6. The molecule has 21 heavy (non-hydrogen) atoms. The first kappa shape index (κ1) is 12.5. The van der Waals surface area contributed by atoms with Crippen molar-refractivity contribution in [3.8, 4) is 11.4 Å². The van der Waals surface area contributed by atoms with E-state index in [1.807, 2.05) is 18.2 Å². The molecule has 1 aliphatic rings. The molecule has 0 aliphatic heterocycles. The van der Waals surface area contributed by atoms with Crippen molar-refractivity contribution in [3.63, 3.8) is 0 Å². The fraction of sp³-hybridized carbons (Fsp3) is 0.294. The first-order chi connectivity index (χ1) is 10.3. The molecule has 3 aromatic rings. The van der Waals surface area contributed by atoms with Gasteiger partial charge in [-0.1, -0.05) is 48.0 Å². The molecule has 0 spiro atoms. The van der Waals surface area contributed by atoms with Crippen molar-refractivity contribution in [1.82, 2.24) is 10.1 Å². The number of hydrogen-bond donors (Lipinski definition) is 1. The molecule has 2 unspecified atom stereocenters. The van der Waals surface area contributed by atoms with Gasteiger partial charge in [0.25, 0.3) is 0 Å². The Kier molecular flexibility index (Phi) is 2.97. The molecule has 4 nitrogen and oxygen atoms in total. The van der Waals surface area contributed by atoms with Gasteiger partial charge in [0.2, 0.25) is 11.7 Å². The molecule has 2 atom stereocenters. The van der Waals surface area contributed by atoms with Gasteiger partial charge in [-0.2, -0.15) is 4.98 Å². The fourth-order valence-corrected chi connectivity index (χ4v) is 3.13. The first-order valence-corrected chi connectivity index (χ1v) is 7.39. The highest BCUT2D eigenvalue weighted by molar-refractivity contribution is 5.86. The van der Waals surface area contributed by atoms with Crippen LogP contribution in [0.4, 0.5) is 0 Å². The van der Waals surface area contributed by atoms with Gasteiger partial charge in [0, 0.05) is 11.6 Å². The second-order valence-electron chi connectivity index (χ2n) is 5.72. The number of nitrogens with two attached hydrogens (primary N) is 1. The Morgan fingerprint density at radius 3 is 2.71 bits per heavy atom. The standard InChI is InChI=1S/C17H17N3O/c18-15-7-3-6-14(15)17-19-16(20-21-17)13-9-8-11-4-1-2-5-12(11)10-13/h1-2,4-5,8-10,14-15H,3,6-7,18H2. The van der Waals surface area contributed by atoms with Crippen LogP contribution < -0.4 is 5.73 Å². The molecule has 0 radical (unpaired) electrons. The number of benzene rings is 2. The highest BCUT2D eigenvalue weighted by atomic mass is 16.5. The van der Waals surface area contributed by atoms with Crippen LogP contribution in [0.15, 0.2) is 47.0 Å². The second kappa shape index (κ2) is 4.97. The van der Waals surface area contributed by atoms with Crippen LogP contribution in [0.5, 0.6) is 0 Å². The Morgan fingerprint density at radius 2 is 1.90 bits per heavy atom. The van der Waals surface area contributed by atoms with E-state index in [-0.39, 0.29) is 12.0 Å². The molecular formula is C17H17N3O. The molecule has 106 valence electrons. The monoisotopic (exact) mass is 279 g/mol. The minimum atomic E-state index is 0.148. The Hall–Kier alpha value is -2.20. The normalized spacial score (nSPS) is 22.0. The lowest BCUT2D eigenvalue weighted by Gasteiger charge is -2.08. The summed E-state index contributed by atoms with van der Waals surface area (Å²) in [5.74, 6) is 1.55. The maximum Gasteiger partial charge on any atom is 0.231 e. The van der Waals surface area contributed by atoms with E-state index in [9.17, 15) is 0 Å². The topological polar surface area (TPSA) is 64.9 Å². The Labute approximate surface area is 123 Å². The van der Waals surface area contributed by atoms with Crippen molar-refractivity contribution in [3.05, 3.63) is 48.4 Å². The van der Waals surface area contributed by atoms with Crippen LogP contribution in [0.1, 0.15) is 31.1 Å². The summed E-state index contributed by atoms with van der Waals surface area (Å²) in [7, 11) is 0. The van der Waals surface area contributed by atoms with Crippen LogP contribution in [0.3, 0.4) is 0 Å². The van der Waals surface area contributed by atoms with E-state index in [1.54, 1.807) is 0 Å². The summed E-state index contributed by atoms with van der Waals surface area (Å²) in [6.07, 6.45) is 3.22. The Balaban J connectivity index is 1.70. The summed E-state index contributed by atoms with van der Waals surface area (Å²) in [4.78, 5) is 4.56. The van der Waals surface area contributed by atoms with Crippen molar-refractivity contribution in [2.75, 3.05) is 0 Å². The highest BCUT2D eigenvalue weighted by Gasteiger charge is 2.30. The third kappa shape index (κ3) is 2.21. The maximum absolute atomic E-state index is 6.11. The zero-order chi connectivity index (χ0) is 14.2. The molecule has 1 fully saturated rings. The summed E-state index contributed by atoms with van der Waals surface area (Å²) < 4.78 is 5.44. The van der Waals surface area contributed by atoms with Gasteiger partial charge in [0.1, 0.15) is 0 Å². The molecule has 1 heterocycles. The minimum Gasteiger partial charge on any atom is -0.339 e. The predicted octanol–water partition coefficient (Wildman–Crippen LogP) is 3.48. The fourth-order valence-electron chi connectivity index (χ4n) is 3.13. The predicted molar refractivity (Wildman–Crippen MR) is 81.8 cm³/mol. The van der Waals surface area contributed by atoms with Gasteiger partial charge in [0.05, 0.1) is 5.92 Å². The smallest absolute Gasteiger partial charge is 0.231 e. The Morgan fingerprint density at radius 1 is 1.05 bits per heavy atom. The van der Waals surface area contributed by atoms with E-state index in [0.717, 1.165) is 24.8 Å². The lowest BCUT2D eigenvalue weighted by atomic mass is 10.0. The van der Waals surface area contributed by atoms with Crippen molar-refractivity contribution in [2.45, 2.75) is 31.2 Å².